The Labute approximate surface area is 180 Å². The third-order valence-electron chi connectivity index (χ3n) is 5.25. The molecule has 12 nitrogen and oxygen atoms in total. The van der Waals surface area contributed by atoms with Crippen LogP contribution in [0, 0.1) is 0 Å². The molecule has 2 amide bonds. The smallest absolute Gasteiger partial charge is 0.332 e. The quantitative estimate of drug-likeness (QED) is 0.539. The molecule has 12 heteroatoms. The van der Waals surface area contributed by atoms with Gasteiger partial charge in [0.25, 0.3) is 5.56 Å². The largest absolute Gasteiger partial charge is 0.497 e. The number of nitrogens with one attached hydrogen (secondary N) is 2. The summed E-state index contributed by atoms with van der Waals surface area (Å²) in [5.74, 6) is -0.678. The van der Waals surface area contributed by atoms with Crippen molar-refractivity contribution in [3.8, 4) is 17.1 Å². The van der Waals surface area contributed by atoms with Crippen molar-refractivity contribution in [2.75, 3.05) is 12.4 Å². The van der Waals surface area contributed by atoms with Gasteiger partial charge < -0.3 is 19.9 Å². The second-order valence-electron chi connectivity index (χ2n) is 7.23. The number of hydrogen-bond acceptors (Lipinski definition) is 8. The number of fused-ring (bicyclic) bond motifs is 1. The van der Waals surface area contributed by atoms with E-state index in [-0.39, 0.29) is 30.2 Å². The van der Waals surface area contributed by atoms with Crippen molar-refractivity contribution >= 4 is 17.6 Å². The number of hydrogen-bond donors (Lipinski definition) is 2. The average Bonchev–Trinajstić information content (AvgIpc) is 3.40. The fourth-order valence-electron chi connectivity index (χ4n) is 3.48. The Hall–Kier alpha value is -4.22. The van der Waals surface area contributed by atoms with Crippen LogP contribution in [0.4, 0.5) is 5.82 Å². The summed E-state index contributed by atoms with van der Waals surface area (Å²) >= 11 is 0. The van der Waals surface area contributed by atoms with Gasteiger partial charge in [0.05, 0.1) is 25.1 Å². The molecule has 0 saturated carbocycles. The van der Waals surface area contributed by atoms with E-state index in [0.29, 0.717) is 17.1 Å². The number of nitrogens with zero attached hydrogens (tertiary/aromatic N) is 4. The van der Waals surface area contributed by atoms with E-state index in [1.54, 1.807) is 31.4 Å². The van der Waals surface area contributed by atoms with E-state index >= 15 is 0 Å². The van der Waals surface area contributed by atoms with Crippen LogP contribution >= 0.6 is 0 Å². The molecule has 1 unspecified atom stereocenters. The second-order valence-corrected chi connectivity index (χ2v) is 7.23. The van der Waals surface area contributed by atoms with Gasteiger partial charge in [-0.15, -0.1) is 0 Å². The lowest BCUT2D eigenvalue weighted by atomic mass is 9.99. The molecule has 0 saturated heterocycles. The number of carbonyl (C=O) groups is 2. The van der Waals surface area contributed by atoms with Gasteiger partial charge in [-0.05, 0) is 24.3 Å². The molecular formula is C20H20N6O6. The predicted molar refractivity (Wildman–Crippen MR) is 111 cm³/mol. The first kappa shape index (κ1) is 21.0. The van der Waals surface area contributed by atoms with Crippen LogP contribution in [0.3, 0.4) is 0 Å². The van der Waals surface area contributed by atoms with Crippen LogP contribution in [-0.4, -0.2) is 38.2 Å². The molecule has 0 bridgehead atoms. The first-order valence-electron chi connectivity index (χ1n) is 9.64. The Kier molecular flexibility index (Phi) is 5.34. The van der Waals surface area contributed by atoms with Crippen molar-refractivity contribution < 1.29 is 18.8 Å². The standard InChI is InChI=1S/C20H20N6O6/c1-25-17-15(19(29)26(2)20(25)30)12(18(28)23-17)8-13(27)21-9-14-22-16(24-32-14)10-4-6-11(31-3)7-5-10/h4-7,12H,8-9H2,1-3H3,(H,21,27)(H,23,28). The molecule has 0 aliphatic carbocycles. The molecule has 166 valence electrons. The molecule has 0 fully saturated rings. The molecule has 2 aromatic heterocycles. The van der Waals surface area contributed by atoms with Crippen LogP contribution in [0.1, 0.15) is 23.8 Å². The van der Waals surface area contributed by atoms with Gasteiger partial charge in [-0.2, -0.15) is 4.98 Å². The first-order valence-corrected chi connectivity index (χ1v) is 9.64. The minimum Gasteiger partial charge on any atom is -0.497 e. The fraction of sp³-hybridized carbons (Fsp3) is 0.300. The van der Waals surface area contributed by atoms with Crippen LogP contribution in [0.25, 0.3) is 11.4 Å². The molecule has 4 rings (SSSR count). The number of ether oxygens (including phenoxy) is 1. The monoisotopic (exact) mass is 440 g/mol. The number of rotatable bonds is 6. The molecule has 1 atom stereocenters. The number of methoxy groups -OCH3 is 1. The number of benzene rings is 1. The number of carbonyl (C=O) groups excluding carboxylic acids is 2. The normalized spacial score (nSPS) is 14.7. The summed E-state index contributed by atoms with van der Waals surface area (Å²) in [4.78, 5) is 53.6. The van der Waals surface area contributed by atoms with Crippen LogP contribution in [-0.2, 0) is 30.2 Å². The van der Waals surface area contributed by atoms with Gasteiger partial charge in [0.2, 0.25) is 23.5 Å². The molecule has 1 aliphatic heterocycles. The predicted octanol–water partition coefficient (Wildman–Crippen LogP) is -0.115. The van der Waals surface area contributed by atoms with Crippen molar-refractivity contribution in [3.63, 3.8) is 0 Å². The van der Waals surface area contributed by atoms with E-state index in [1.165, 1.54) is 18.7 Å². The Morgan fingerprint density at radius 3 is 2.59 bits per heavy atom. The molecule has 1 aromatic carbocycles. The Morgan fingerprint density at radius 1 is 1.19 bits per heavy atom. The maximum Gasteiger partial charge on any atom is 0.332 e. The first-order chi connectivity index (χ1) is 15.3. The lowest BCUT2D eigenvalue weighted by molar-refractivity contribution is -0.125. The molecule has 3 aromatic rings. The molecule has 32 heavy (non-hydrogen) atoms. The zero-order valence-electron chi connectivity index (χ0n) is 17.5. The summed E-state index contributed by atoms with van der Waals surface area (Å²) in [6.07, 6.45) is -0.272. The van der Waals surface area contributed by atoms with E-state index in [2.05, 4.69) is 20.8 Å². The highest BCUT2D eigenvalue weighted by Gasteiger charge is 2.37. The van der Waals surface area contributed by atoms with Crippen LogP contribution in [0.15, 0.2) is 38.4 Å². The number of anilines is 1. The van der Waals surface area contributed by atoms with Crippen molar-refractivity contribution in [1.29, 1.82) is 0 Å². The van der Waals surface area contributed by atoms with Gasteiger partial charge in [0.1, 0.15) is 11.6 Å². The van der Waals surface area contributed by atoms with Crippen LogP contribution in [0.2, 0.25) is 0 Å². The van der Waals surface area contributed by atoms with Gasteiger partial charge in [0.15, 0.2) is 0 Å². The molecule has 2 N–H and O–H groups in total. The van der Waals surface area contributed by atoms with Crippen LogP contribution < -0.4 is 26.6 Å². The summed E-state index contributed by atoms with van der Waals surface area (Å²) < 4.78 is 12.3. The van der Waals surface area contributed by atoms with E-state index in [4.69, 9.17) is 9.26 Å². The molecule has 0 radical (unpaired) electrons. The molecule has 3 heterocycles. The van der Waals surface area contributed by atoms with Gasteiger partial charge in [-0.1, -0.05) is 5.16 Å². The van der Waals surface area contributed by atoms with Crippen molar-refractivity contribution in [1.82, 2.24) is 24.6 Å². The third kappa shape index (κ3) is 3.66. The van der Waals surface area contributed by atoms with Crippen molar-refractivity contribution in [3.05, 3.63) is 56.6 Å². The fourth-order valence-corrected chi connectivity index (χ4v) is 3.48. The van der Waals surface area contributed by atoms with E-state index in [1.807, 2.05) is 0 Å². The Balaban J connectivity index is 1.44. The lowest BCUT2D eigenvalue weighted by Crippen LogP contribution is -2.39. The van der Waals surface area contributed by atoms with Crippen LogP contribution in [0.5, 0.6) is 5.75 Å². The Morgan fingerprint density at radius 2 is 1.91 bits per heavy atom. The second kappa shape index (κ2) is 8.13. The van der Waals surface area contributed by atoms with E-state index in [9.17, 15) is 19.2 Å². The maximum absolute atomic E-state index is 12.5. The van der Waals surface area contributed by atoms with E-state index in [0.717, 1.165) is 4.57 Å². The third-order valence-corrected chi connectivity index (χ3v) is 5.25. The zero-order chi connectivity index (χ0) is 23.0. The Bertz CT molecular complexity index is 1320. The van der Waals surface area contributed by atoms with Crippen molar-refractivity contribution in [2.45, 2.75) is 18.9 Å². The van der Waals surface area contributed by atoms with Gasteiger partial charge >= 0.3 is 5.69 Å². The van der Waals surface area contributed by atoms with Gasteiger partial charge in [-0.25, -0.2) is 4.79 Å². The number of aromatic nitrogens is 4. The van der Waals surface area contributed by atoms with Gasteiger partial charge in [0, 0.05) is 26.1 Å². The molecule has 0 spiro atoms. The summed E-state index contributed by atoms with van der Waals surface area (Å²) in [7, 11) is 4.33. The highest BCUT2D eigenvalue weighted by molar-refractivity contribution is 6.03. The van der Waals surface area contributed by atoms with Crippen molar-refractivity contribution in [2.24, 2.45) is 14.1 Å². The molecular weight excluding hydrogens is 420 g/mol. The summed E-state index contributed by atoms with van der Waals surface area (Å²) in [6.45, 7) is -0.0472. The minimum atomic E-state index is -1.01. The summed E-state index contributed by atoms with van der Waals surface area (Å²) in [6, 6.07) is 7.07. The summed E-state index contributed by atoms with van der Waals surface area (Å²) in [5.41, 5.74) is -0.370. The SMILES string of the molecule is COc1ccc(-c2noc(CNC(=O)CC3C(=O)Nc4c3c(=O)n(C)c(=O)n4C)n2)cc1. The summed E-state index contributed by atoms with van der Waals surface area (Å²) in [5, 5.41) is 9.01. The molecule has 1 aliphatic rings. The minimum absolute atomic E-state index is 0.0472. The maximum atomic E-state index is 12.5. The lowest BCUT2D eigenvalue weighted by Gasteiger charge is -2.10. The average molecular weight is 440 g/mol. The number of amides is 2. The highest BCUT2D eigenvalue weighted by atomic mass is 16.5. The highest BCUT2D eigenvalue weighted by Crippen LogP contribution is 2.30. The van der Waals surface area contributed by atoms with E-state index < -0.39 is 29.0 Å². The zero-order valence-corrected chi connectivity index (χ0v) is 17.5. The topological polar surface area (TPSA) is 150 Å². The van der Waals surface area contributed by atoms with Gasteiger partial charge in [-0.3, -0.25) is 23.5 Å².